The Bertz CT molecular complexity index is 1600. The lowest BCUT2D eigenvalue weighted by Gasteiger charge is -2.20. The van der Waals surface area contributed by atoms with Crippen molar-refractivity contribution >= 4 is 43.5 Å². The number of carbonyl (C=O) groups excluding carboxylic acids is 2. The number of sulfonamides is 1. The molecule has 1 heterocycles. The summed E-state index contributed by atoms with van der Waals surface area (Å²) in [5.74, 6) is -3.31. The first-order chi connectivity index (χ1) is 18.1. The molecule has 2 aromatic carbocycles. The molecule has 0 saturated carbocycles. The fourth-order valence-electron chi connectivity index (χ4n) is 3.47. The summed E-state index contributed by atoms with van der Waals surface area (Å²) in [6.45, 7) is 1.000. The zero-order valence-corrected chi connectivity index (χ0v) is 21.7. The maximum Gasteiger partial charge on any atom is 0.326 e. The first-order valence-electron chi connectivity index (χ1n) is 11.2. The molecule has 0 aliphatic carbocycles. The zero-order valence-electron chi connectivity index (χ0n) is 20.1. The van der Waals surface area contributed by atoms with Crippen LogP contribution in [0.3, 0.4) is 0 Å². The minimum absolute atomic E-state index is 0.00339. The lowest BCUT2D eigenvalue weighted by Crippen LogP contribution is -2.32. The van der Waals surface area contributed by atoms with Crippen LogP contribution < -0.4 is 4.80 Å². The van der Waals surface area contributed by atoms with Crippen molar-refractivity contribution in [2.75, 3.05) is 19.7 Å². The molecule has 0 unspecified atom stereocenters. The number of benzene rings is 2. The average molecular weight is 562 g/mol. The maximum atomic E-state index is 14.6. The van der Waals surface area contributed by atoms with Gasteiger partial charge in [0, 0.05) is 37.6 Å². The van der Waals surface area contributed by atoms with Crippen molar-refractivity contribution in [1.29, 1.82) is 10.5 Å². The molecule has 0 saturated heterocycles. The monoisotopic (exact) mass is 561 g/mol. The molecule has 0 spiro atoms. The molecule has 0 aliphatic rings. The van der Waals surface area contributed by atoms with Crippen molar-refractivity contribution in [2.24, 2.45) is 4.99 Å². The van der Waals surface area contributed by atoms with E-state index in [1.807, 2.05) is 12.1 Å². The van der Waals surface area contributed by atoms with Gasteiger partial charge in [-0.2, -0.15) is 19.8 Å². The van der Waals surface area contributed by atoms with Crippen LogP contribution in [0.15, 0.2) is 46.3 Å². The first kappa shape index (κ1) is 28.6. The van der Waals surface area contributed by atoms with Gasteiger partial charge in [-0.15, -0.1) is 0 Å². The van der Waals surface area contributed by atoms with Crippen LogP contribution in [0.4, 0.5) is 8.78 Å². The summed E-state index contributed by atoms with van der Waals surface area (Å²) in [5.41, 5.74) is -0.122. The molecule has 1 aromatic heterocycles. The van der Waals surface area contributed by atoms with Crippen LogP contribution in [0.2, 0.25) is 0 Å². The van der Waals surface area contributed by atoms with Gasteiger partial charge in [0.05, 0.1) is 33.9 Å². The van der Waals surface area contributed by atoms with Gasteiger partial charge in [-0.1, -0.05) is 11.3 Å². The number of hydrogen-bond acceptors (Lipinski definition) is 8. The second kappa shape index (κ2) is 12.5. The molecular formula is C24H21F2N5O5S2. The van der Waals surface area contributed by atoms with E-state index in [9.17, 15) is 26.8 Å². The average Bonchev–Trinajstić information content (AvgIpc) is 3.20. The lowest BCUT2D eigenvalue weighted by atomic mass is 10.2. The molecule has 0 fully saturated rings. The quantitative estimate of drug-likeness (QED) is 0.346. The fraction of sp³-hybridized carbons (Fsp3) is 0.292. The van der Waals surface area contributed by atoms with Gasteiger partial charge in [-0.25, -0.2) is 17.2 Å². The zero-order chi connectivity index (χ0) is 27.9. The van der Waals surface area contributed by atoms with Crippen LogP contribution in [0, 0.1) is 34.3 Å². The van der Waals surface area contributed by atoms with E-state index >= 15 is 0 Å². The summed E-state index contributed by atoms with van der Waals surface area (Å²) in [5, 5.41) is 17.6. The number of thiazole rings is 1. The van der Waals surface area contributed by atoms with E-state index in [1.54, 1.807) is 6.92 Å². The van der Waals surface area contributed by atoms with Crippen LogP contribution >= 0.6 is 11.3 Å². The molecule has 3 rings (SSSR count). The third-order valence-electron chi connectivity index (χ3n) is 5.17. The summed E-state index contributed by atoms with van der Waals surface area (Å²) in [6.07, 6.45) is -0.128. The van der Waals surface area contributed by atoms with E-state index < -0.39 is 40.1 Å². The molecule has 0 radical (unpaired) electrons. The minimum atomic E-state index is -4.04. The summed E-state index contributed by atoms with van der Waals surface area (Å²) < 4.78 is 61.4. The Morgan fingerprint density at radius 3 is 2.32 bits per heavy atom. The van der Waals surface area contributed by atoms with E-state index in [0.717, 1.165) is 26.3 Å². The Morgan fingerprint density at radius 1 is 1.11 bits per heavy atom. The molecule has 198 valence electrons. The summed E-state index contributed by atoms with van der Waals surface area (Å²) in [4.78, 5) is 28.7. The van der Waals surface area contributed by atoms with Gasteiger partial charge < -0.3 is 9.30 Å². The molecule has 38 heavy (non-hydrogen) atoms. The van der Waals surface area contributed by atoms with Gasteiger partial charge in [0.25, 0.3) is 5.91 Å². The number of amides is 1. The number of esters is 1. The van der Waals surface area contributed by atoms with E-state index in [-0.39, 0.29) is 58.0 Å². The number of halogens is 2. The predicted octanol–water partition coefficient (Wildman–Crippen LogP) is 3.10. The molecule has 0 atom stereocenters. The highest BCUT2D eigenvalue weighted by Crippen LogP contribution is 2.23. The van der Waals surface area contributed by atoms with E-state index in [1.165, 1.54) is 24.3 Å². The van der Waals surface area contributed by atoms with Gasteiger partial charge in [0.2, 0.25) is 10.0 Å². The normalized spacial score (nSPS) is 11.9. The third kappa shape index (κ3) is 6.47. The van der Waals surface area contributed by atoms with Crippen molar-refractivity contribution in [3.05, 3.63) is 58.4 Å². The standard InChI is InChI=1S/C24H21F2N5O5S2/c1-2-36-21(32)15-31-22-19(26)13-17(25)14-20(22)37-24(31)29-23(33)16-5-7-18(8-6-16)38(34,35)30(11-3-9-27)12-4-10-28/h5-8,13-14H,2-4,11-12,15H2,1H3. The smallest absolute Gasteiger partial charge is 0.326 e. The molecule has 14 heteroatoms. The lowest BCUT2D eigenvalue weighted by molar-refractivity contribution is -0.143. The van der Waals surface area contributed by atoms with Crippen molar-refractivity contribution in [1.82, 2.24) is 8.87 Å². The maximum absolute atomic E-state index is 14.6. The van der Waals surface area contributed by atoms with Gasteiger partial charge >= 0.3 is 5.97 Å². The highest BCUT2D eigenvalue weighted by molar-refractivity contribution is 7.89. The van der Waals surface area contributed by atoms with Gasteiger partial charge in [0.15, 0.2) is 10.6 Å². The van der Waals surface area contributed by atoms with E-state index in [2.05, 4.69) is 4.99 Å². The molecule has 10 nitrogen and oxygen atoms in total. The fourth-order valence-corrected chi connectivity index (χ4v) is 5.98. The van der Waals surface area contributed by atoms with Crippen molar-refractivity contribution in [2.45, 2.75) is 31.2 Å². The van der Waals surface area contributed by atoms with Crippen molar-refractivity contribution < 1.29 is 31.5 Å². The van der Waals surface area contributed by atoms with E-state index in [0.29, 0.717) is 6.07 Å². The molecule has 0 N–H and O–H groups in total. The summed E-state index contributed by atoms with van der Waals surface area (Å²) >= 11 is 0.794. The number of nitriles is 2. The van der Waals surface area contributed by atoms with Crippen LogP contribution in [0.5, 0.6) is 0 Å². The summed E-state index contributed by atoms with van der Waals surface area (Å²) in [7, 11) is -4.04. The Morgan fingerprint density at radius 2 is 1.74 bits per heavy atom. The molecular weight excluding hydrogens is 540 g/mol. The number of hydrogen-bond donors (Lipinski definition) is 0. The first-order valence-corrected chi connectivity index (χ1v) is 13.4. The predicted molar refractivity (Wildman–Crippen MR) is 132 cm³/mol. The van der Waals surface area contributed by atoms with Crippen LogP contribution in [0.25, 0.3) is 10.2 Å². The van der Waals surface area contributed by atoms with Crippen LogP contribution in [0.1, 0.15) is 30.1 Å². The van der Waals surface area contributed by atoms with Crippen LogP contribution in [-0.4, -0.2) is 48.9 Å². The number of fused-ring (bicyclic) bond motifs is 1. The Balaban J connectivity index is 1.99. The SMILES string of the molecule is CCOC(=O)Cn1c(=NC(=O)c2ccc(S(=O)(=O)N(CCC#N)CCC#N)cc2)sc2cc(F)cc(F)c21. The minimum Gasteiger partial charge on any atom is -0.465 e. The van der Waals surface area contributed by atoms with Crippen LogP contribution in [-0.2, 0) is 26.1 Å². The van der Waals surface area contributed by atoms with Crippen molar-refractivity contribution in [3.63, 3.8) is 0 Å². The van der Waals surface area contributed by atoms with Gasteiger partial charge in [0.1, 0.15) is 12.4 Å². The van der Waals surface area contributed by atoms with Crippen molar-refractivity contribution in [3.8, 4) is 12.1 Å². The number of carbonyl (C=O) groups is 2. The van der Waals surface area contributed by atoms with Gasteiger partial charge in [-0.05, 0) is 37.3 Å². The number of rotatable bonds is 10. The second-order valence-corrected chi connectivity index (χ2v) is 10.6. The molecule has 0 aliphatic heterocycles. The van der Waals surface area contributed by atoms with Gasteiger partial charge in [-0.3, -0.25) is 9.59 Å². The summed E-state index contributed by atoms with van der Waals surface area (Å²) in [6, 6.07) is 10.3. The molecule has 1 amide bonds. The number of aromatic nitrogens is 1. The number of ether oxygens (including phenoxy) is 1. The molecule has 3 aromatic rings. The topological polar surface area (TPSA) is 146 Å². The largest absolute Gasteiger partial charge is 0.465 e. The highest BCUT2D eigenvalue weighted by atomic mass is 32.2. The molecule has 0 bridgehead atoms. The second-order valence-electron chi connectivity index (χ2n) is 7.67. The third-order valence-corrected chi connectivity index (χ3v) is 8.11. The Kier molecular flexibility index (Phi) is 9.41. The number of nitrogens with zero attached hydrogens (tertiary/aromatic N) is 5. The van der Waals surface area contributed by atoms with E-state index in [4.69, 9.17) is 15.3 Å². The highest BCUT2D eigenvalue weighted by Gasteiger charge is 2.24. The Labute approximate surface area is 220 Å². The Hall–Kier alpha value is -3.98.